The summed E-state index contributed by atoms with van der Waals surface area (Å²) >= 11 is 2.21. The lowest BCUT2D eigenvalue weighted by molar-refractivity contribution is 0.0780. The number of rotatable bonds is 3. The third-order valence-corrected chi connectivity index (χ3v) is 4.15. The van der Waals surface area contributed by atoms with Crippen molar-refractivity contribution in [2.24, 2.45) is 0 Å². The fourth-order valence-corrected chi connectivity index (χ4v) is 3.00. The monoisotopic (exact) mass is 382 g/mol. The third kappa shape index (κ3) is 2.56. The first-order valence-electron chi connectivity index (χ1n) is 6.57. The van der Waals surface area contributed by atoms with Crippen molar-refractivity contribution < 1.29 is 4.79 Å². The summed E-state index contributed by atoms with van der Waals surface area (Å²) in [5.74, 6) is 1.92. The molecule has 0 saturated heterocycles. The number of carbonyl (C=O) groups excluding carboxylic acids is 1. The predicted molar refractivity (Wildman–Crippen MR) is 83.3 cm³/mol. The lowest BCUT2D eigenvalue weighted by Gasteiger charge is -2.17. The molecule has 0 saturated carbocycles. The second-order valence-electron chi connectivity index (χ2n) is 4.96. The van der Waals surface area contributed by atoms with E-state index in [1.165, 1.54) is 0 Å². The number of benzene rings is 1. The summed E-state index contributed by atoms with van der Waals surface area (Å²) in [4.78, 5) is 14.1. The van der Waals surface area contributed by atoms with Crippen LogP contribution in [0.2, 0.25) is 0 Å². The molecule has 2 aromatic rings. The fraction of sp³-hybridized carbons (Fsp3) is 0.357. The molecular formula is C14H15IN4O. The summed E-state index contributed by atoms with van der Waals surface area (Å²) in [5.41, 5.74) is 0.709. The Hall–Kier alpha value is -1.44. The molecule has 0 aliphatic carbocycles. The highest BCUT2D eigenvalue weighted by Gasteiger charge is 2.20. The van der Waals surface area contributed by atoms with E-state index in [0.29, 0.717) is 12.1 Å². The average Bonchev–Trinajstić information content (AvgIpc) is 3.03. The minimum atomic E-state index is 0.0128. The minimum absolute atomic E-state index is 0.0128. The third-order valence-electron chi connectivity index (χ3n) is 3.48. The van der Waals surface area contributed by atoms with E-state index in [1.807, 2.05) is 24.3 Å². The fourth-order valence-electron chi connectivity index (χ4n) is 2.45. The van der Waals surface area contributed by atoms with Crippen LogP contribution in [0.15, 0.2) is 24.3 Å². The first kappa shape index (κ1) is 13.5. The van der Waals surface area contributed by atoms with Crippen LogP contribution in [0.4, 0.5) is 0 Å². The second-order valence-corrected chi connectivity index (χ2v) is 6.20. The number of aromatic nitrogens is 3. The van der Waals surface area contributed by atoms with Gasteiger partial charge in [0.15, 0.2) is 5.82 Å². The van der Waals surface area contributed by atoms with Gasteiger partial charge in [-0.05, 0) is 47.2 Å². The maximum Gasteiger partial charge on any atom is 0.254 e. The largest absolute Gasteiger partial charge is 0.334 e. The summed E-state index contributed by atoms with van der Waals surface area (Å²) in [5, 5.41) is 8.36. The van der Waals surface area contributed by atoms with Crippen molar-refractivity contribution in [2.45, 2.75) is 25.9 Å². The summed E-state index contributed by atoms with van der Waals surface area (Å²) in [6, 6.07) is 7.61. The zero-order chi connectivity index (χ0) is 14.1. The lowest BCUT2D eigenvalue weighted by Crippen LogP contribution is -2.27. The highest BCUT2D eigenvalue weighted by molar-refractivity contribution is 14.1. The van der Waals surface area contributed by atoms with Crippen molar-refractivity contribution in [3.05, 3.63) is 45.0 Å². The summed E-state index contributed by atoms with van der Waals surface area (Å²) in [6.07, 6.45) is 2.11. The molecule has 0 bridgehead atoms. The minimum Gasteiger partial charge on any atom is -0.334 e. The van der Waals surface area contributed by atoms with Gasteiger partial charge >= 0.3 is 0 Å². The van der Waals surface area contributed by atoms with E-state index in [2.05, 4.69) is 37.4 Å². The van der Waals surface area contributed by atoms with Gasteiger partial charge < -0.3 is 9.47 Å². The van der Waals surface area contributed by atoms with Crippen LogP contribution in [-0.4, -0.2) is 32.6 Å². The van der Waals surface area contributed by atoms with Gasteiger partial charge in [-0.15, -0.1) is 10.2 Å². The number of hydrogen-bond donors (Lipinski definition) is 0. The number of amides is 1. The van der Waals surface area contributed by atoms with Gasteiger partial charge in [-0.3, -0.25) is 4.79 Å². The number of halogens is 1. The highest BCUT2D eigenvalue weighted by atomic mass is 127. The van der Waals surface area contributed by atoms with Crippen LogP contribution >= 0.6 is 22.6 Å². The van der Waals surface area contributed by atoms with Crippen LogP contribution in [0.5, 0.6) is 0 Å². The van der Waals surface area contributed by atoms with Crippen molar-refractivity contribution in [1.82, 2.24) is 19.7 Å². The number of carbonyl (C=O) groups is 1. The molecule has 0 atom stereocenters. The molecule has 1 aromatic carbocycles. The van der Waals surface area contributed by atoms with Gasteiger partial charge in [-0.2, -0.15) is 0 Å². The Morgan fingerprint density at radius 2 is 2.30 bits per heavy atom. The molecule has 2 heterocycles. The number of fused-ring (bicyclic) bond motifs is 1. The Kier molecular flexibility index (Phi) is 3.73. The number of aryl methyl sites for hydroxylation is 1. The van der Waals surface area contributed by atoms with Crippen molar-refractivity contribution in [2.75, 3.05) is 7.05 Å². The summed E-state index contributed by atoms with van der Waals surface area (Å²) in [6.45, 7) is 1.46. The molecular weight excluding hydrogens is 367 g/mol. The molecule has 0 radical (unpaired) electrons. The summed E-state index contributed by atoms with van der Waals surface area (Å²) in [7, 11) is 1.80. The smallest absolute Gasteiger partial charge is 0.254 e. The van der Waals surface area contributed by atoms with Gasteiger partial charge in [0.2, 0.25) is 0 Å². The topological polar surface area (TPSA) is 51.0 Å². The van der Waals surface area contributed by atoms with E-state index in [1.54, 1.807) is 11.9 Å². The highest BCUT2D eigenvalue weighted by Crippen LogP contribution is 2.16. The SMILES string of the molecule is CN(Cc1nnc2n1CCC2)C(=O)c1cccc(I)c1. The van der Waals surface area contributed by atoms with Gasteiger partial charge in [-0.1, -0.05) is 6.07 Å². The van der Waals surface area contributed by atoms with E-state index in [9.17, 15) is 4.79 Å². The molecule has 20 heavy (non-hydrogen) atoms. The predicted octanol–water partition coefficient (Wildman–Crippen LogP) is 2.10. The van der Waals surface area contributed by atoms with Crippen LogP contribution in [-0.2, 0) is 19.5 Å². The van der Waals surface area contributed by atoms with Crippen LogP contribution < -0.4 is 0 Å². The Bertz CT molecular complexity index is 652. The maximum absolute atomic E-state index is 12.4. The zero-order valence-corrected chi connectivity index (χ0v) is 13.4. The molecule has 104 valence electrons. The molecule has 1 amide bonds. The summed E-state index contributed by atoms with van der Waals surface area (Å²) < 4.78 is 3.18. The first-order valence-corrected chi connectivity index (χ1v) is 7.65. The van der Waals surface area contributed by atoms with Crippen molar-refractivity contribution >= 4 is 28.5 Å². The van der Waals surface area contributed by atoms with Gasteiger partial charge in [0.1, 0.15) is 5.82 Å². The molecule has 3 rings (SSSR count). The van der Waals surface area contributed by atoms with E-state index in [0.717, 1.165) is 34.6 Å². The molecule has 0 fully saturated rings. The van der Waals surface area contributed by atoms with Crippen LogP contribution in [0.25, 0.3) is 0 Å². The Morgan fingerprint density at radius 1 is 1.45 bits per heavy atom. The molecule has 0 unspecified atom stereocenters. The second kappa shape index (κ2) is 5.51. The molecule has 1 aliphatic heterocycles. The number of nitrogens with zero attached hydrogens (tertiary/aromatic N) is 4. The van der Waals surface area contributed by atoms with E-state index in [-0.39, 0.29) is 5.91 Å². The van der Waals surface area contributed by atoms with Crippen molar-refractivity contribution in [1.29, 1.82) is 0 Å². The van der Waals surface area contributed by atoms with Gasteiger partial charge in [0.05, 0.1) is 6.54 Å². The zero-order valence-electron chi connectivity index (χ0n) is 11.2. The standard InChI is InChI=1S/C14H15IN4O/c1-18(14(20)10-4-2-5-11(15)8-10)9-13-17-16-12-6-3-7-19(12)13/h2,4-5,8H,3,6-7,9H2,1H3. The average molecular weight is 382 g/mol. The van der Waals surface area contributed by atoms with Crippen molar-refractivity contribution in [3.8, 4) is 0 Å². The van der Waals surface area contributed by atoms with Gasteiger partial charge in [0.25, 0.3) is 5.91 Å². The Labute approximate surface area is 131 Å². The van der Waals surface area contributed by atoms with E-state index in [4.69, 9.17) is 0 Å². The maximum atomic E-state index is 12.4. The molecule has 5 nitrogen and oxygen atoms in total. The Morgan fingerprint density at radius 3 is 3.10 bits per heavy atom. The van der Waals surface area contributed by atoms with Gasteiger partial charge in [0, 0.05) is 29.1 Å². The quantitative estimate of drug-likeness (QED) is 0.765. The van der Waals surface area contributed by atoms with Crippen LogP contribution in [0.3, 0.4) is 0 Å². The molecule has 1 aliphatic rings. The normalized spacial score (nSPS) is 13.3. The van der Waals surface area contributed by atoms with Crippen molar-refractivity contribution in [3.63, 3.8) is 0 Å². The first-order chi connectivity index (χ1) is 9.65. The molecule has 1 aromatic heterocycles. The van der Waals surface area contributed by atoms with Gasteiger partial charge in [-0.25, -0.2) is 0 Å². The van der Waals surface area contributed by atoms with E-state index >= 15 is 0 Å². The Balaban J connectivity index is 1.76. The molecule has 0 N–H and O–H groups in total. The van der Waals surface area contributed by atoms with Crippen LogP contribution in [0.1, 0.15) is 28.4 Å². The number of hydrogen-bond acceptors (Lipinski definition) is 3. The molecule has 0 spiro atoms. The molecule has 6 heteroatoms. The lowest BCUT2D eigenvalue weighted by atomic mass is 10.2. The van der Waals surface area contributed by atoms with Crippen LogP contribution in [0, 0.1) is 3.57 Å². The van der Waals surface area contributed by atoms with E-state index < -0.39 is 0 Å².